The molecule has 8 nitrogen and oxygen atoms in total. The summed E-state index contributed by atoms with van der Waals surface area (Å²) in [5, 5.41) is 27.5. The number of nitrogens with zero attached hydrogens (tertiary/aromatic N) is 1. The van der Waals surface area contributed by atoms with Crippen molar-refractivity contribution < 1.29 is 20.1 Å². The first kappa shape index (κ1) is 16.6. The summed E-state index contributed by atoms with van der Waals surface area (Å²) < 4.78 is 6.65. The number of aromatic amines is 1. The van der Waals surface area contributed by atoms with Gasteiger partial charge in [0.15, 0.2) is 0 Å². The Labute approximate surface area is 115 Å². The molecule has 0 spiro atoms. The first-order valence-corrected chi connectivity index (χ1v) is 6.36. The summed E-state index contributed by atoms with van der Waals surface area (Å²) in [6.07, 6.45) is -0.634. The molecule has 1 aromatic heterocycles. The standard InChI is InChI=1S/C12H20N2O6/c1-8(17)9(7-16)20-11(3-2-6-15)14-5-4-10(18)13-12(14)19/h4-5,8-9,11,15-17H,2-3,6-7H2,1H3,(H,13,18,19)/t8-,9?,11?/m0/s1. The largest absolute Gasteiger partial charge is 0.396 e. The Balaban J connectivity index is 2.98. The van der Waals surface area contributed by atoms with Crippen LogP contribution in [0, 0.1) is 0 Å². The average molecular weight is 288 g/mol. The van der Waals surface area contributed by atoms with Crippen LogP contribution in [0.3, 0.4) is 0 Å². The van der Waals surface area contributed by atoms with E-state index < -0.39 is 36.3 Å². The summed E-state index contributed by atoms with van der Waals surface area (Å²) in [5.74, 6) is 0. The van der Waals surface area contributed by atoms with E-state index in [1.807, 2.05) is 0 Å². The van der Waals surface area contributed by atoms with Gasteiger partial charge in [-0.15, -0.1) is 0 Å². The van der Waals surface area contributed by atoms with Gasteiger partial charge < -0.3 is 20.1 Å². The predicted octanol–water partition coefficient (Wildman–Crippen LogP) is -1.43. The third kappa shape index (κ3) is 4.57. The number of H-pyrrole nitrogens is 1. The second-order valence-corrected chi connectivity index (χ2v) is 4.44. The van der Waals surface area contributed by atoms with Gasteiger partial charge in [0.2, 0.25) is 0 Å². The number of aromatic nitrogens is 2. The summed E-state index contributed by atoms with van der Waals surface area (Å²) in [4.78, 5) is 24.9. The lowest BCUT2D eigenvalue weighted by Crippen LogP contribution is -2.38. The topological polar surface area (TPSA) is 125 Å². The van der Waals surface area contributed by atoms with Gasteiger partial charge in [0.05, 0.1) is 12.7 Å². The van der Waals surface area contributed by atoms with Crippen LogP contribution in [-0.2, 0) is 4.74 Å². The van der Waals surface area contributed by atoms with E-state index in [9.17, 15) is 14.7 Å². The minimum absolute atomic E-state index is 0.0869. The van der Waals surface area contributed by atoms with E-state index in [1.54, 1.807) is 0 Å². The molecule has 0 amide bonds. The molecule has 0 radical (unpaired) electrons. The second kappa shape index (κ2) is 7.95. The van der Waals surface area contributed by atoms with Crippen LogP contribution in [0.4, 0.5) is 0 Å². The molecule has 0 aliphatic heterocycles. The van der Waals surface area contributed by atoms with Crippen LogP contribution in [0.15, 0.2) is 21.9 Å². The number of ether oxygens (including phenoxy) is 1. The lowest BCUT2D eigenvalue weighted by Gasteiger charge is -2.26. The van der Waals surface area contributed by atoms with Crippen molar-refractivity contribution in [1.29, 1.82) is 0 Å². The van der Waals surface area contributed by atoms with E-state index >= 15 is 0 Å². The molecule has 0 aliphatic rings. The Bertz CT molecular complexity index is 509. The Hall–Kier alpha value is -1.48. The zero-order valence-corrected chi connectivity index (χ0v) is 11.2. The van der Waals surface area contributed by atoms with Gasteiger partial charge in [0, 0.05) is 18.9 Å². The lowest BCUT2D eigenvalue weighted by molar-refractivity contribution is -0.123. The van der Waals surface area contributed by atoms with Gasteiger partial charge in [-0.05, 0) is 19.8 Å². The van der Waals surface area contributed by atoms with Crippen molar-refractivity contribution in [1.82, 2.24) is 9.55 Å². The van der Waals surface area contributed by atoms with E-state index in [-0.39, 0.29) is 6.61 Å². The van der Waals surface area contributed by atoms with E-state index in [0.717, 1.165) is 4.57 Å². The number of hydrogen-bond acceptors (Lipinski definition) is 6. The maximum atomic E-state index is 11.7. The maximum absolute atomic E-state index is 11.7. The summed E-state index contributed by atoms with van der Waals surface area (Å²) in [6.45, 7) is 0.960. The van der Waals surface area contributed by atoms with Gasteiger partial charge in [-0.2, -0.15) is 0 Å². The minimum atomic E-state index is -0.921. The van der Waals surface area contributed by atoms with Gasteiger partial charge >= 0.3 is 5.69 Å². The second-order valence-electron chi connectivity index (χ2n) is 4.44. The normalized spacial score (nSPS) is 15.8. The Morgan fingerprint density at radius 2 is 2.10 bits per heavy atom. The van der Waals surface area contributed by atoms with Crippen LogP contribution in [0.25, 0.3) is 0 Å². The van der Waals surface area contributed by atoms with E-state index in [4.69, 9.17) is 14.9 Å². The van der Waals surface area contributed by atoms with Crippen LogP contribution < -0.4 is 11.2 Å². The van der Waals surface area contributed by atoms with Crippen molar-refractivity contribution in [2.75, 3.05) is 13.2 Å². The number of hydrogen-bond donors (Lipinski definition) is 4. The third-order valence-corrected chi connectivity index (χ3v) is 2.82. The lowest BCUT2D eigenvalue weighted by atomic mass is 10.2. The molecule has 4 N–H and O–H groups in total. The molecule has 0 saturated heterocycles. The number of nitrogens with one attached hydrogen (secondary N) is 1. The highest BCUT2D eigenvalue weighted by molar-refractivity contribution is 4.84. The van der Waals surface area contributed by atoms with Crippen LogP contribution in [0.1, 0.15) is 26.0 Å². The average Bonchev–Trinajstić information content (AvgIpc) is 2.39. The molecule has 2 unspecified atom stereocenters. The molecule has 1 rings (SSSR count). The predicted molar refractivity (Wildman–Crippen MR) is 70.3 cm³/mol. The minimum Gasteiger partial charge on any atom is -0.396 e. The Morgan fingerprint density at radius 1 is 1.40 bits per heavy atom. The quantitative estimate of drug-likeness (QED) is 0.464. The van der Waals surface area contributed by atoms with Gasteiger partial charge in [-0.1, -0.05) is 0 Å². The SMILES string of the molecule is C[C@H](O)C(CO)OC(CCCO)n1ccc(=O)[nH]c1=O. The molecular formula is C12H20N2O6. The molecule has 20 heavy (non-hydrogen) atoms. The van der Waals surface area contributed by atoms with Gasteiger partial charge in [0.25, 0.3) is 5.56 Å². The van der Waals surface area contributed by atoms with Crippen molar-refractivity contribution in [2.45, 2.75) is 38.2 Å². The van der Waals surface area contributed by atoms with Gasteiger partial charge in [0.1, 0.15) is 12.3 Å². The van der Waals surface area contributed by atoms with Crippen LogP contribution in [0.2, 0.25) is 0 Å². The Morgan fingerprint density at radius 3 is 2.60 bits per heavy atom. The highest BCUT2D eigenvalue weighted by Gasteiger charge is 2.22. The molecule has 8 heteroatoms. The van der Waals surface area contributed by atoms with E-state index in [2.05, 4.69) is 4.98 Å². The summed E-state index contributed by atoms with van der Waals surface area (Å²) in [6, 6.07) is 1.17. The van der Waals surface area contributed by atoms with E-state index in [1.165, 1.54) is 19.2 Å². The Kier molecular flexibility index (Phi) is 6.59. The zero-order chi connectivity index (χ0) is 15.1. The van der Waals surface area contributed by atoms with Crippen LogP contribution >= 0.6 is 0 Å². The molecule has 0 bridgehead atoms. The smallest absolute Gasteiger partial charge is 0.330 e. The summed E-state index contributed by atoms with van der Waals surface area (Å²) in [5.41, 5.74) is -1.18. The summed E-state index contributed by atoms with van der Waals surface area (Å²) >= 11 is 0. The van der Waals surface area contributed by atoms with E-state index in [0.29, 0.717) is 12.8 Å². The van der Waals surface area contributed by atoms with Crippen molar-refractivity contribution in [3.05, 3.63) is 33.1 Å². The number of rotatable bonds is 8. The van der Waals surface area contributed by atoms with Gasteiger partial charge in [-0.3, -0.25) is 14.3 Å². The molecule has 0 fully saturated rings. The molecule has 1 heterocycles. The first-order chi connectivity index (χ1) is 9.49. The van der Waals surface area contributed by atoms with Crippen molar-refractivity contribution >= 4 is 0 Å². The van der Waals surface area contributed by atoms with Crippen molar-refractivity contribution in [2.24, 2.45) is 0 Å². The number of aliphatic hydroxyl groups excluding tert-OH is 3. The molecule has 114 valence electrons. The highest BCUT2D eigenvalue weighted by Crippen LogP contribution is 2.17. The molecule has 0 aliphatic carbocycles. The fraction of sp³-hybridized carbons (Fsp3) is 0.667. The molecule has 0 aromatic carbocycles. The molecular weight excluding hydrogens is 268 g/mol. The van der Waals surface area contributed by atoms with Crippen LogP contribution in [-0.4, -0.2) is 50.3 Å². The molecule has 3 atom stereocenters. The molecule has 1 aromatic rings. The van der Waals surface area contributed by atoms with Crippen molar-refractivity contribution in [3.63, 3.8) is 0 Å². The zero-order valence-electron chi connectivity index (χ0n) is 11.2. The first-order valence-electron chi connectivity index (χ1n) is 6.36. The van der Waals surface area contributed by atoms with Gasteiger partial charge in [-0.25, -0.2) is 4.79 Å². The fourth-order valence-electron chi connectivity index (χ4n) is 1.70. The van der Waals surface area contributed by atoms with Crippen LogP contribution in [0.5, 0.6) is 0 Å². The highest BCUT2D eigenvalue weighted by atomic mass is 16.5. The molecule has 0 saturated carbocycles. The fourth-order valence-corrected chi connectivity index (χ4v) is 1.70. The summed E-state index contributed by atoms with van der Waals surface area (Å²) in [7, 11) is 0. The maximum Gasteiger partial charge on any atom is 0.330 e. The third-order valence-electron chi connectivity index (χ3n) is 2.82. The number of aliphatic hydroxyl groups is 3. The van der Waals surface area contributed by atoms with Crippen molar-refractivity contribution in [3.8, 4) is 0 Å². The monoisotopic (exact) mass is 288 g/mol.